The smallest absolute Gasteiger partial charge is 0.332 e. The molecular formula is C10H15NO3. The molecule has 14 heavy (non-hydrogen) atoms. The van der Waals surface area contributed by atoms with Crippen molar-refractivity contribution in [2.24, 2.45) is 4.99 Å². The molecule has 0 spiro atoms. The molecule has 0 fully saturated rings. The summed E-state index contributed by atoms with van der Waals surface area (Å²) >= 11 is 0. The third kappa shape index (κ3) is 5.13. The predicted molar refractivity (Wildman–Crippen MR) is 55.3 cm³/mol. The Balaban J connectivity index is 0.000000241. The summed E-state index contributed by atoms with van der Waals surface area (Å²) in [6.07, 6.45) is 1.62. The van der Waals surface area contributed by atoms with Gasteiger partial charge in [-0.25, -0.2) is 9.79 Å². The number of hydrogen-bond donors (Lipinski definition) is 0. The molecular weight excluding hydrogens is 182 g/mol. The zero-order chi connectivity index (χ0) is 11.0. The van der Waals surface area contributed by atoms with E-state index in [9.17, 15) is 4.79 Å². The molecule has 1 aliphatic rings. The van der Waals surface area contributed by atoms with Crippen LogP contribution in [0.15, 0.2) is 29.8 Å². The van der Waals surface area contributed by atoms with Gasteiger partial charge in [0, 0.05) is 5.57 Å². The van der Waals surface area contributed by atoms with Crippen molar-refractivity contribution in [3.63, 3.8) is 0 Å². The van der Waals surface area contributed by atoms with E-state index in [0.29, 0.717) is 11.5 Å². The van der Waals surface area contributed by atoms with Crippen molar-refractivity contribution in [3.8, 4) is 0 Å². The lowest BCUT2D eigenvalue weighted by molar-refractivity contribution is -0.136. The van der Waals surface area contributed by atoms with Gasteiger partial charge in [-0.15, -0.1) is 0 Å². The molecule has 1 aliphatic heterocycles. The van der Waals surface area contributed by atoms with Crippen molar-refractivity contribution in [1.82, 2.24) is 0 Å². The maximum Gasteiger partial charge on any atom is 0.332 e. The third-order valence-electron chi connectivity index (χ3n) is 1.32. The lowest BCUT2D eigenvalue weighted by Crippen LogP contribution is -1.98. The van der Waals surface area contributed by atoms with Crippen LogP contribution in [0.25, 0.3) is 0 Å². The first-order valence-corrected chi connectivity index (χ1v) is 4.15. The number of carbonyl (C=O) groups is 1. The number of nitrogens with zero attached hydrogens (tertiary/aromatic N) is 1. The average Bonchev–Trinajstić information content (AvgIpc) is 2.69. The Morgan fingerprint density at radius 1 is 1.71 bits per heavy atom. The number of hydrogen-bond acceptors (Lipinski definition) is 4. The molecule has 0 aromatic rings. The fourth-order valence-electron chi connectivity index (χ4n) is 0.649. The molecule has 4 nitrogen and oxygen atoms in total. The van der Waals surface area contributed by atoms with Crippen molar-refractivity contribution >= 4 is 11.9 Å². The average molecular weight is 197 g/mol. The molecule has 0 bridgehead atoms. The van der Waals surface area contributed by atoms with E-state index in [1.165, 1.54) is 7.11 Å². The van der Waals surface area contributed by atoms with Crippen LogP contribution in [0.3, 0.4) is 0 Å². The molecule has 0 unspecified atom stereocenters. The van der Waals surface area contributed by atoms with E-state index in [1.807, 2.05) is 0 Å². The quantitative estimate of drug-likeness (QED) is 0.495. The fourth-order valence-corrected chi connectivity index (χ4v) is 0.649. The number of carbonyl (C=O) groups excluding carboxylic acids is 1. The van der Waals surface area contributed by atoms with Gasteiger partial charge >= 0.3 is 5.97 Å². The number of esters is 1. The summed E-state index contributed by atoms with van der Waals surface area (Å²) in [7, 11) is 1.33. The van der Waals surface area contributed by atoms with Crippen LogP contribution in [0.2, 0.25) is 0 Å². The molecule has 0 radical (unpaired) electrons. The lowest BCUT2D eigenvalue weighted by Gasteiger charge is -1.91. The van der Waals surface area contributed by atoms with Crippen molar-refractivity contribution < 1.29 is 14.3 Å². The maximum atomic E-state index is 10.2. The van der Waals surface area contributed by atoms with Gasteiger partial charge in [0.15, 0.2) is 0 Å². The van der Waals surface area contributed by atoms with Crippen LogP contribution in [0.5, 0.6) is 0 Å². The fraction of sp³-hybridized carbons (Fsp3) is 0.400. The highest BCUT2D eigenvalue weighted by Gasteiger charge is 1.99. The van der Waals surface area contributed by atoms with Crippen molar-refractivity contribution in [2.75, 3.05) is 20.3 Å². The maximum absolute atomic E-state index is 10.2. The number of rotatable bonds is 2. The van der Waals surface area contributed by atoms with Gasteiger partial charge in [0.05, 0.1) is 13.7 Å². The van der Waals surface area contributed by atoms with Crippen molar-refractivity contribution in [3.05, 3.63) is 24.8 Å². The first-order valence-electron chi connectivity index (χ1n) is 4.15. The van der Waals surface area contributed by atoms with E-state index < -0.39 is 0 Å². The van der Waals surface area contributed by atoms with Gasteiger partial charge in [0.2, 0.25) is 5.90 Å². The van der Waals surface area contributed by atoms with Crippen LogP contribution in [-0.2, 0) is 14.3 Å². The summed E-state index contributed by atoms with van der Waals surface area (Å²) in [4.78, 5) is 14.1. The molecule has 0 atom stereocenters. The van der Waals surface area contributed by atoms with Gasteiger partial charge in [-0.3, -0.25) is 0 Å². The molecule has 0 amide bonds. The second kappa shape index (κ2) is 6.88. The molecule has 0 aliphatic carbocycles. The van der Waals surface area contributed by atoms with Gasteiger partial charge in [-0.2, -0.15) is 0 Å². The second-order valence-corrected chi connectivity index (χ2v) is 2.54. The number of aliphatic imine (C=N–C) groups is 1. The molecule has 0 N–H and O–H groups in total. The summed E-state index contributed by atoms with van der Waals surface area (Å²) in [5.41, 5.74) is 0.433. The standard InChI is InChI=1S/C5H7NO.C5H8O2/c1-2-5-6-3-4-7-5;1-4(2)5(6)7-3/h2H,1,3-4H2;1H2,2-3H3. The van der Waals surface area contributed by atoms with E-state index in [4.69, 9.17) is 4.74 Å². The summed E-state index contributed by atoms with van der Waals surface area (Å²) in [6.45, 7) is 9.96. The summed E-state index contributed by atoms with van der Waals surface area (Å²) in [5.74, 6) is 0.333. The minimum atomic E-state index is -0.347. The van der Waals surface area contributed by atoms with Crippen LogP contribution in [-0.4, -0.2) is 32.1 Å². The van der Waals surface area contributed by atoms with E-state index in [2.05, 4.69) is 22.9 Å². The molecule has 0 saturated heterocycles. The highest BCUT2D eigenvalue weighted by molar-refractivity contribution is 5.87. The zero-order valence-corrected chi connectivity index (χ0v) is 8.58. The van der Waals surface area contributed by atoms with Crippen LogP contribution in [0.1, 0.15) is 6.92 Å². The molecule has 0 aromatic heterocycles. The first-order chi connectivity index (χ1) is 6.61. The Labute approximate surface area is 83.9 Å². The van der Waals surface area contributed by atoms with E-state index in [1.54, 1.807) is 13.0 Å². The Morgan fingerprint density at radius 3 is 2.50 bits per heavy atom. The highest BCUT2D eigenvalue weighted by atomic mass is 16.5. The summed E-state index contributed by atoms with van der Waals surface area (Å²) < 4.78 is 9.21. The van der Waals surface area contributed by atoms with Crippen molar-refractivity contribution in [2.45, 2.75) is 6.92 Å². The number of ether oxygens (including phenoxy) is 2. The Kier molecular flexibility index (Phi) is 6.11. The Bertz CT molecular complexity index is 256. The number of methoxy groups -OCH3 is 1. The second-order valence-electron chi connectivity index (χ2n) is 2.54. The molecule has 1 heterocycles. The minimum Gasteiger partial charge on any atom is -0.476 e. The molecule has 1 rings (SSSR count). The van der Waals surface area contributed by atoms with E-state index >= 15 is 0 Å². The molecule has 4 heteroatoms. The predicted octanol–water partition coefficient (Wildman–Crippen LogP) is 1.34. The summed E-state index contributed by atoms with van der Waals surface area (Å²) in [6, 6.07) is 0. The van der Waals surface area contributed by atoms with E-state index in [0.717, 1.165) is 13.2 Å². The first kappa shape index (κ1) is 12.4. The Hall–Kier alpha value is -1.58. The monoisotopic (exact) mass is 197 g/mol. The van der Waals surface area contributed by atoms with Crippen LogP contribution in [0, 0.1) is 0 Å². The molecule has 0 aromatic carbocycles. The van der Waals surface area contributed by atoms with Gasteiger partial charge in [0.1, 0.15) is 6.61 Å². The Morgan fingerprint density at radius 2 is 2.36 bits per heavy atom. The van der Waals surface area contributed by atoms with Gasteiger partial charge < -0.3 is 9.47 Å². The zero-order valence-electron chi connectivity index (χ0n) is 8.58. The topological polar surface area (TPSA) is 47.9 Å². The SMILES string of the molecule is C=C(C)C(=O)OC.C=CC1=NCCO1. The largest absolute Gasteiger partial charge is 0.476 e. The minimum absolute atomic E-state index is 0.347. The van der Waals surface area contributed by atoms with Gasteiger partial charge in [-0.05, 0) is 13.0 Å². The van der Waals surface area contributed by atoms with E-state index in [-0.39, 0.29) is 5.97 Å². The van der Waals surface area contributed by atoms with Gasteiger partial charge in [0.25, 0.3) is 0 Å². The normalized spacial score (nSPS) is 12.9. The third-order valence-corrected chi connectivity index (χ3v) is 1.32. The highest BCUT2D eigenvalue weighted by Crippen LogP contribution is 1.92. The molecule has 78 valence electrons. The van der Waals surface area contributed by atoms with Crippen molar-refractivity contribution in [1.29, 1.82) is 0 Å². The molecule has 0 saturated carbocycles. The summed E-state index contributed by atoms with van der Waals surface area (Å²) in [5, 5.41) is 0. The van der Waals surface area contributed by atoms with Crippen LogP contribution in [0.4, 0.5) is 0 Å². The van der Waals surface area contributed by atoms with Crippen LogP contribution < -0.4 is 0 Å². The van der Waals surface area contributed by atoms with Gasteiger partial charge in [-0.1, -0.05) is 13.2 Å². The van der Waals surface area contributed by atoms with Crippen LogP contribution >= 0.6 is 0 Å². The lowest BCUT2D eigenvalue weighted by atomic mass is 10.4.